The lowest BCUT2D eigenvalue weighted by atomic mass is 9.98. The second-order valence-corrected chi connectivity index (χ2v) is 4.87. The van der Waals surface area contributed by atoms with E-state index in [-0.39, 0.29) is 0 Å². The van der Waals surface area contributed by atoms with Crippen molar-refractivity contribution in [2.24, 2.45) is 11.8 Å². The van der Waals surface area contributed by atoms with Crippen molar-refractivity contribution in [3.05, 3.63) is 0 Å². The monoisotopic (exact) mass is 182 g/mol. The standard InChI is InChI=1S/C11H22N2/c1-10-3-2-6-13(8-10)9-11-4-5-12-7-11/h10-12H,2-9H2,1H3. The maximum atomic E-state index is 3.45. The van der Waals surface area contributed by atoms with Gasteiger partial charge in [-0.05, 0) is 50.7 Å². The molecule has 2 atom stereocenters. The minimum atomic E-state index is 0.933. The Kier molecular flexibility index (Phi) is 3.23. The normalized spacial score (nSPS) is 36.7. The van der Waals surface area contributed by atoms with Crippen LogP contribution in [0.2, 0.25) is 0 Å². The van der Waals surface area contributed by atoms with E-state index in [1.807, 2.05) is 0 Å². The molecule has 2 fully saturated rings. The zero-order valence-electron chi connectivity index (χ0n) is 8.76. The van der Waals surface area contributed by atoms with Crippen LogP contribution in [0.25, 0.3) is 0 Å². The molecule has 0 aliphatic carbocycles. The second kappa shape index (κ2) is 4.43. The largest absolute Gasteiger partial charge is 0.316 e. The summed E-state index contributed by atoms with van der Waals surface area (Å²) in [5.74, 6) is 1.87. The fourth-order valence-corrected chi connectivity index (χ4v) is 2.69. The van der Waals surface area contributed by atoms with Crippen LogP contribution in [0.3, 0.4) is 0 Å². The highest BCUT2D eigenvalue weighted by atomic mass is 15.1. The Hall–Kier alpha value is -0.0800. The van der Waals surface area contributed by atoms with E-state index >= 15 is 0 Å². The summed E-state index contributed by atoms with van der Waals surface area (Å²) in [5.41, 5.74) is 0. The molecule has 13 heavy (non-hydrogen) atoms. The van der Waals surface area contributed by atoms with Gasteiger partial charge in [-0.2, -0.15) is 0 Å². The fraction of sp³-hybridized carbons (Fsp3) is 1.00. The molecule has 0 spiro atoms. The Balaban J connectivity index is 1.73. The first-order valence-corrected chi connectivity index (χ1v) is 5.77. The van der Waals surface area contributed by atoms with Crippen molar-refractivity contribution in [3.63, 3.8) is 0 Å². The van der Waals surface area contributed by atoms with Gasteiger partial charge in [0.2, 0.25) is 0 Å². The summed E-state index contributed by atoms with van der Waals surface area (Å²) in [6.07, 6.45) is 4.26. The number of nitrogens with one attached hydrogen (secondary N) is 1. The molecule has 2 rings (SSSR count). The predicted molar refractivity (Wildman–Crippen MR) is 55.8 cm³/mol. The highest BCUT2D eigenvalue weighted by molar-refractivity contribution is 4.77. The van der Waals surface area contributed by atoms with E-state index in [1.165, 1.54) is 52.0 Å². The summed E-state index contributed by atoms with van der Waals surface area (Å²) in [4.78, 5) is 2.67. The van der Waals surface area contributed by atoms with E-state index in [2.05, 4.69) is 17.1 Å². The van der Waals surface area contributed by atoms with E-state index in [0.29, 0.717) is 0 Å². The van der Waals surface area contributed by atoms with Crippen LogP contribution in [0, 0.1) is 11.8 Å². The Labute approximate surface area is 81.7 Å². The molecular weight excluding hydrogens is 160 g/mol. The Morgan fingerprint density at radius 2 is 2.31 bits per heavy atom. The van der Waals surface area contributed by atoms with Crippen molar-refractivity contribution in [2.45, 2.75) is 26.2 Å². The van der Waals surface area contributed by atoms with Gasteiger partial charge in [-0.25, -0.2) is 0 Å². The van der Waals surface area contributed by atoms with E-state index in [0.717, 1.165) is 11.8 Å². The van der Waals surface area contributed by atoms with Crippen molar-refractivity contribution in [1.82, 2.24) is 10.2 Å². The van der Waals surface area contributed by atoms with Crippen molar-refractivity contribution in [1.29, 1.82) is 0 Å². The SMILES string of the molecule is CC1CCCN(CC2CCNC2)C1. The Morgan fingerprint density at radius 3 is 3.00 bits per heavy atom. The Bertz CT molecular complexity index is 152. The smallest absolute Gasteiger partial charge is 0.00224 e. The van der Waals surface area contributed by atoms with Gasteiger partial charge in [0.15, 0.2) is 0 Å². The van der Waals surface area contributed by atoms with Gasteiger partial charge in [0.1, 0.15) is 0 Å². The molecule has 2 heterocycles. The molecule has 0 saturated carbocycles. The van der Waals surface area contributed by atoms with Gasteiger partial charge in [0.05, 0.1) is 0 Å². The second-order valence-electron chi connectivity index (χ2n) is 4.87. The maximum absolute atomic E-state index is 3.45. The molecule has 0 aromatic heterocycles. The van der Waals surface area contributed by atoms with E-state index in [9.17, 15) is 0 Å². The third kappa shape index (κ3) is 2.68. The molecule has 2 aliphatic heterocycles. The number of nitrogens with zero attached hydrogens (tertiary/aromatic N) is 1. The fourth-order valence-electron chi connectivity index (χ4n) is 2.69. The van der Waals surface area contributed by atoms with Gasteiger partial charge in [0, 0.05) is 13.1 Å². The molecule has 2 saturated heterocycles. The van der Waals surface area contributed by atoms with Gasteiger partial charge in [-0.15, -0.1) is 0 Å². The van der Waals surface area contributed by atoms with Crippen LogP contribution in [0.4, 0.5) is 0 Å². The first-order chi connectivity index (χ1) is 6.34. The molecule has 2 unspecified atom stereocenters. The van der Waals surface area contributed by atoms with Crippen LogP contribution in [0.15, 0.2) is 0 Å². The molecular formula is C11H22N2. The summed E-state index contributed by atoms with van der Waals surface area (Å²) in [5, 5.41) is 3.45. The minimum Gasteiger partial charge on any atom is -0.316 e. The molecule has 0 bridgehead atoms. The number of rotatable bonds is 2. The average molecular weight is 182 g/mol. The number of hydrogen-bond acceptors (Lipinski definition) is 2. The van der Waals surface area contributed by atoms with Crippen molar-refractivity contribution in [2.75, 3.05) is 32.7 Å². The lowest BCUT2D eigenvalue weighted by Crippen LogP contribution is -2.38. The van der Waals surface area contributed by atoms with Gasteiger partial charge in [-0.1, -0.05) is 6.92 Å². The van der Waals surface area contributed by atoms with Gasteiger partial charge < -0.3 is 10.2 Å². The zero-order valence-corrected chi connectivity index (χ0v) is 8.76. The molecule has 0 aromatic rings. The predicted octanol–water partition coefficient (Wildman–Crippen LogP) is 1.33. The first kappa shape index (κ1) is 9.47. The molecule has 0 amide bonds. The highest BCUT2D eigenvalue weighted by Crippen LogP contribution is 2.18. The topological polar surface area (TPSA) is 15.3 Å². The number of likely N-dealkylation sites (tertiary alicyclic amines) is 1. The molecule has 2 aliphatic rings. The van der Waals surface area contributed by atoms with Crippen molar-refractivity contribution in [3.8, 4) is 0 Å². The van der Waals surface area contributed by atoms with Crippen LogP contribution >= 0.6 is 0 Å². The van der Waals surface area contributed by atoms with Gasteiger partial charge in [0.25, 0.3) is 0 Å². The minimum absolute atomic E-state index is 0.933. The maximum Gasteiger partial charge on any atom is 0.00224 e. The van der Waals surface area contributed by atoms with Crippen LogP contribution in [0.5, 0.6) is 0 Å². The van der Waals surface area contributed by atoms with Crippen molar-refractivity contribution >= 4 is 0 Å². The first-order valence-electron chi connectivity index (χ1n) is 5.77. The van der Waals surface area contributed by atoms with E-state index < -0.39 is 0 Å². The molecule has 76 valence electrons. The summed E-state index contributed by atoms with van der Waals surface area (Å²) in [7, 11) is 0. The van der Waals surface area contributed by atoms with Gasteiger partial charge >= 0.3 is 0 Å². The summed E-state index contributed by atoms with van der Waals surface area (Å²) < 4.78 is 0. The summed E-state index contributed by atoms with van der Waals surface area (Å²) in [6.45, 7) is 8.92. The lowest BCUT2D eigenvalue weighted by Gasteiger charge is -2.32. The number of hydrogen-bond donors (Lipinski definition) is 1. The molecule has 1 N–H and O–H groups in total. The lowest BCUT2D eigenvalue weighted by molar-refractivity contribution is 0.163. The zero-order chi connectivity index (χ0) is 9.10. The van der Waals surface area contributed by atoms with E-state index in [4.69, 9.17) is 0 Å². The van der Waals surface area contributed by atoms with Crippen LogP contribution in [-0.4, -0.2) is 37.6 Å². The molecule has 2 heteroatoms. The molecule has 0 aromatic carbocycles. The van der Waals surface area contributed by atoms with Crippen LogP contribution < -0.4 is 5.32 Å². The average Bonchev–Trinajstić information content (AvgIpc) is 2.57. The summed E-state index contributed by atoms with van der Waals surface area (Å²) >= 11 is 0. The molecule has 0 radical (unpaired) electrons. The summed E-state index contributed by atoms with van der Waals surface area (Å²) in [6, 6.07) is 0. The highest BCUT2D eigenvalue weighted by Gasteiger charge is 2.21. The number of piperidine rings is 1. The van der Waals surface area contributed by atoms with Crippen molar-refractivity contribution < 1.29 is 0 Å². The van der Waals surface area contributed by atoms with Crippen LogP contribution in [0.1, 0.15) is 26.2 Å². The van der Waals surface area contributed by atoms with Gasteiger partial charge in [-0.3, -0.25) is 0 Å². The quantitative estimate of drug-likeness (QED) is 0.693. The van der Waals surface area contributed by atoms with E-state index in [1.54, 1.807) is 0 Å². The van der Waals surface area contributed by atoms with Crippen LogP contribution in [-0.2, 0) is 0 Å². The Morgan fingerprint density at radius 1 is 1.38 bits per heavy atom. The third-order valence-electron chi connectivity index (χ3n) is 3.42. The third-order valence-corrected chi connectivity index (χ3v) is 3.42. The molecule has 2 nitrogen and oxygen atoms in total.